The van der Waals surface area contributed by atoms with Gasteiger partial charge in [-0.1, -0.05) is 0 Å². The van der Waals surface area contributed by atoms with Gasteiger partial charge >= 0.3 is 0 Å². The van der Waals surface area contributed by atoms with Crippen LogP contribution in [0.4, 0.5) is 0 Å². The number of furan rings is 1. The van der Waals surface area contributed by atoms with Crippen LogP contribution in [-0.2, 0) is 0 Å². The third-order valence-corrected chi connectivity index (χ3v) is 2.75. The molecule has 0 saturated carbocycles. The van der Waals surface area contributed by atoms with Crippen molar-refractivity contribution in [1.82, 2.24) is 20.2 Å². The van der Waals surface area contributed by atoms with Crippen molar-refractivity contribution in [3.8, 4) is 0 Å². The number of amides is 1. The van der Waals surface area contributed by atoms with Gasteiger partial charge in [-0.15, -0.1) is 0 Å². The van der Waals surface area contributed by atoms with E-state index >= 15 is 0 Å². The molecule has 6 nitrogen and oxygen atoms in total. The van der Waals surface area contributed by atoms with E-state index in [0.29, 0.717) is 12.2 Å². The molecule has 1 atom stereocenters. The highest BCUT2D eigenvalue weighted by Gasteiger charge is 2.18. The smallest absolute Gasteiger partial charge is 0.271 e. The molecule has 100 valence electrons. The molecule has 0 bridgehead atoms. The van der Waals surface area contributed by atoms with E-state index in [1.807, 2.05) is 31.1 Å². The summed E-state index contributed by atoms with van der Waals surface area (Å²) < 4.78 is 5.37. The summed E-state index contributed by atoms with van der Waals surface area (Å²) in [4.78, 5) is 21.7. The molecule has 1 N–H and O–H groups in total. The number of nitrogens with one attached hydrogen (secondary N) is 1. The zero-order valence-electron chi connectivity index (χ0n) is 10.9. The first kappa shape index (κ1) is 13.2. The first-order chi connectivity index (χ1) is 9.18. The molecule has 0 aliphatic heterocycles. The van der Waals surface area contributed by atoms with E-state index in [4.69, 9.17) is 4.42 Å². The molecule has 0 aromatic carbocycles. The zero-order valence-corrected chi connectivity index (χ0v) is 10.9. The van der Waals surface area contributed by atoms with Crippen LogP contribution in [0.5, 0.6) is 0 Å². The van der Waals surface area contributed by atoms with E-state index in [1.165, 1.54) is 18.6 Å². The molecule has 6 heteroatoms. The van der Waals surface area contributed by atoms with Gasteiger partial charge in [-0.05, 0) is 26.2 Å². The van der Waals surface area contributed by atoms with Crippen molar-refractivity contribution in [2.75, 3.05) is 20.6 Å². The maximum atomic E-state index is 11.9. The third kappa shape index (κ3) is 3.38. The van der Waals surface area contributed by atoms with Crippen molar-refractivity contribution < 1.29 is 9.21 Å². The van der Waals surface area contributed by atoms with Crippen LogP contribution in [0.1, 0.15) is 22.3 Å². The second-order valence-electron chi connectivity index (χ2n) is 4.30. The Bertz CT molecular complexity index is 511. The third-order valence-electron chi connectivity index (χ3n) is 2.75. The summed E-state index contributed by atoms with van der Waals surface area (Å²) >= 11 is 0. The number of nitrogens with zero attached hydrogens (tertiary/aromatic N) is 3. The molecule has 1 amide bonds. The quantitative estimate of drug-likeness (QED) is 0.871. The molecule has 2 heterocycles. The molecule has 0 unspecified atom stereocenters. The minimum absolute atomic E-state index is 0.0179. The monoisotopic (exact) mass is 260 g/mol. The maximum Gasteiger partial charge on any atom is 0.271 e. The van der Waals surface area contributed by atoms with Gasteiger partial charge in [0, 0.05) is 18.9 Å². The van der Waals surface area contributed by atoms with Gasteiger partial charge in [0.1, 0.15) is 11.5 Å². The van der Waals surface area contributed by atoms with Gasteiger partial charge < -0.3 is 9.73 Å². The van der Waals surface area contributed by atoms with Gasteiger partial charge in [0.25, 0.3) is 5.91 Å². The van der Waals surface area contributed by atoms with Crippen molar-refractivity contribution in [3.05, 3.63) is 48.4 Å². The SMILES string of the molecule is CN(C)[C@@H](CNC(=O)c1cnccn1)c1ccco1. The summed E-state index contributed by atoms with van der Waals surface area (Å²) in [5.41, 5.74) is 0.305. The largest absolute Gasteiger partial charge is 0.468 e. The molecule has 0 saturated heterocycles. The van der Waals surface area contributed by atoms with E-state index in [-0.39, 0.29) is 11.9 Å². The van der Waals surface area contributed by atoms with Gasteiger partial charge in [-0.2, -0.15) is 0 Å². The summed E-state index contributed by atoms with van der Waals surface area (Å²) in [6, 6.07) is 3.70. The number of aromatic nitrogens is 2. The summed E-state index contributed by atoms with van der Waals surface area (Å²) in [5.74, 6) is 0.566. The Morgan fingerprint density at radius 2 is 2.32 bits per heavy atom. The minimum Gasteiger partial charge on any atom is -0.468 e. The fraction of sp³-hybridized carbons (Fsp3) is 0.308. The van der Waals surface area contributed by atoms with Crippen molar-refractivity contribution >= 4 is 5.91 Å². The van der Waals surface area contributed by atoms with Crippen LogP contribution in [0.15, 0.2) is 41.4 Å². The number of hydrogen-bond donors (Lipinski definition) is 1. The molecule has 2 aromatic heterocycles. The maximum absolute atomic E-state index is 11.9. The average Bonchev–Trinajstić information content (AvgIpc) is 2.93. The number of carbonyl (C=O) groups is 1. The number of likely N-dealkylation sites (N-methyl/N-ethyl adjacent to an activating group) is 1. The first-order valence-corrected chi connectivity index (χ1v) is 5.92. The van der Waals surface area contributed by atoms with E-state index in [9.17, 15) is 4.79 Å². The van der Waals surface area contributed by atoms with E-state index in [2.05, 4.69) is 15.3 Å². The Balaban J connectivity index is 1.98. The molecule has 0 spiro atoms. The number of carbonyl (C=O) groups excluding carboxylic acids is 1. The lowest BCUT2D eigenvalue weighted by atomic mass is 10.2. The number of rotatable bonds is 5. The Morgan fingerprint density at radius 1 is 1.47 bits per heavy atom. The predicted octanol–water partition coefficient (Wildman–Crippen LogP) is 1.10. The normalized spacial score (nSPS) is 12.4. The highest BCUT2D eigenvalue weighted by atomic mass is 16.3. The number of hydrogen-bond acceptors (Lipinski definition) is 5. The van der Waals surface area contributed by atoms with E-state index in [0.717, 1.165) is 5.76 Å². The molecule has 0 radical (unpaired) electrons. The van der Waals surface area contributed by atoms with Crippen LogP contribution in [0.25, 0.3) is 0 Å². The summed E-state index contributed by atoms with van der Waals surface area (Å²) in [5, 5.41) is 2.83. The van der Waals surface area contributed by atoms with Crippen molar-refractivity contribution in [2.45, 2.75) is 6.04 Å². The average molecular weight is 260 g/mol. The van der Waals surface area contributed by atoms with E-state index in [1.54, 1.807) is 6.26 Å². The van der Waals surface area contributed by atoms with Gasteiger partial charge in [0.05, 0.1) is 18.5 Å². The van der Waals surface area contributed by atoms with Gasteiger partial charge in [-0.25, -0.2) is 4.98 Å². The van der Waals surface area contributed by atoms with Crippen LogP contribution < -0.4 is 5.32 Å². The Hall–Kier alpha value is -2.21. The van der Waals surface area contributed by atoms with Gasteiger partial charge in [-0.3, -0.25) is 14.7 Å². The topological polar surface area (TPSA) is 71.3 Å². The highest BCUT2D eigenvalue weighted by Crippen LogP contribution is 2.17. The molecular formula is C13H16N4O2. The highest BCUT2D eigenvalue weighted by molar-refractivity contribution is 5.91. The lowest BCUT2D eigenvalue weighted by molar-refractivity contribution is 0.0933. The second-order valence-corrected chi connectivity index (χ2v) is 4.30. The minimum atomic E-state index is -0.244. The van der Waals surface area contributed by atoms with Crippen LogP contribution in [0.2, 0.25) is 0 Å². The fourth-order valence-electron chi connectivity index (χ4n) is 1.71. The lowest BCUT2D eigenvalue weighted by Crippen LogP contribution is -2.34. The Morgan fingerprint density at radius 3 is 2.89 bits per heavy atom. The lowest BCUT2D eigenvalue weighted by Gasteiger charge is -2.22. The molecule has 19 heavy (non-hydrogen) atoms. The van der Waals surface area contributed by atoms with Crippen molar-refractivity contribution in [1.29, 1.82) is 0 Å². The first-order valence-electron chi connectivity index (χ1n) is 5.92. The van der Waals surface area contributed by atoms with Crippen LogP contribution in [0, 0.1) is 0 Å². The molecule has 0 aliphatic rings. The zero-order chi connectivity index (χ0) is 13.7. The summed E-state index contributed by atoms with van der Waals surface area (Å²) in [6.07, 6.45) is 6.08. The van der Waals surface area contributed by atoms with Crippen LogP contribution in [-0.4, -0.2) is 41.4 Å². The van der Waals surface area contributed by atoms with Gasteiger partial charge in [0.2, 0.25) is 0 Å². The van der Waals surface area contributed by atoms with Crippen molar-refractivity contribution in [3.63, 3.8) is 0 Å². The Labute approximate surface area is 111 Å². The molecule has 2 rings (SSSR count). The fourth-order valence-corrected chi connectivity index (χ4v) is 1.71. The standard InChI is InChI=1S/C13H16N4O2/c1-17(2)11(12-4-3-7-19-12)9-16-13(18)10-8-14-5-6-15-10/h3-8,11H,9H2,1-2H3,(H,16,18)/t11-/m0/s1. The van der Waals surface area contributed by atoms with E-state index < -0.39 is 0 Å². The predicted molar refractivity (Wildman–Crippen MR) is 69.5 cm³/mol. The van der Waals surface area contributed by atoms with Crippen LogP contribution in [0.3, 0.4) is 0 Å². The molecule has 0 fully saturated rings. The van der Waals surface area contributed by atoms with Crippen LogP contribution >= 0.6 is 0 Å². The van der Waals surface area contributed by atoms with Gasteiger partial charge in [0.15, 0.2) is 0 Å². The molecular weight excluding hydrogens is 244 g/mol. The Kier molecular flexibility index (Phi) is 4.25. The van der Waals surface area contributed by atoms with Crippen molar-refractivity contribution in [2.24, 2.45) is 0 Å². The second kappa shape index (κ2) is 6.10. The molecule has 2 aromatic rings. The summed E-state index contributed by atoms with van der Waals surface area (Å²) in [7, 11) is 3.86. The molecule has 0 aliphatic carbocycles. The summed E-state index contributed by atoms with van der Waals surface area (Å²) in [6.45, 7) is 0.440.